The zero-order chi connectivity index (χ0) is 16.9. The van der Waals surface area contributed by atoms with Crippen molar-refractivity contribution in [3.05, 3.63) is 35.9 Å². The summed E-state index contributed by atoms with van der Waals surface area (Å²) >= 11 is 0. The minimum absolute atomic E-state index is 0.0158. The lowest BCUT2D eigenvalue weighted by molar-refractivity contribution is -0.146. The minimum atomic E-state index is -0.953. The van der Waals surface area contributed by atoms with Gasteiger partial charge in [0.1, 0.15) is 12.6 Å². The Labute approximate surface area is 135 Å². The molecule has 0 aliphatic rings. The van der Waals surface area contributed by atoms with E-state index in [9.17, 15) is 9.59 Å². The fourth-order valence-electron chi connectivity index (χ4n) is 1.69. The van der Waals surface area contributed by atoms with E-state index in [2.05, 4.69) is 10.5 Å². The molecule has 1 aromatic rings. The van der Waals surface area contributed by atoms with E-state index < -0.39 is 18.1 Å². The number of oxime groups is 1. The number of ether oxygens (including phenoxy) is 2. The van der Waals surface area contributed by atoms with Crippen LogP contribution in [0.5, 0.6) is 0 Å². The van der Waals surface area contributed by atoms with Gasteiger partial charge in [-0.2, -0.15) is 0 Å². The topological polar surface area (TPSA) is 97.2 Å². The quantitative estimate of drug-likeness (QED) is 0.239. The molecule has 0 spiro atoms. The number of carbonyl (C=O) groups is 2. The van der Waals surface area contributed by atoms with Crippen molar-refractivity contribution < 1.29 is 24.3 Å². The molecule has 23 heavy (non-hydrogen) atoms. The molecule has 0 bridgehead atoms. The molecule has 1 atom stereocenters. The number of hydrogen-bond acceptors (Lipinski definition) is 6. The van der Waals surface area contributed by atoms with Crippen LogP contribution < -0.4 is 5.32 Å². The molecule has 1 amide bonds. The van der Waals surface area contributed by atoms with Gasteiger partial charge in [-0.3, -0.25) is 0 Å². The van der Waals surface area contributed by atoms with Gasteiger partial charge in [0.25, 0.3) is 0 Å². The normalized spacial score (nSPS) is 11.9. The van der Waals surface area contributed by atoms with Crippen molar-refractivity contribution in [2.45, 2.75) is 38.8 Å². The Kier molecular flexibility index (Phi) is 8.88. The van der Waals surface area contributed by atoms with Crippen molar-refractivity contribution in [1.29, 1.82) is 0 Å². The number of carbonyl (C=O) groups excluding carboxylic acids is 2. The van der Waals surface area contributed by atoms with Crippen LogP contribution in [0.1, 0.15) is 31.7 Å². The lowest BCUT2D eigenvalue weighted by Crippen LogP contribution is -2.42. The number of esters is 1. The first-order valence-corrected chi connectivity index (χ1v) is 7.47. The molecule has 0 radical (unpaired) electrons. The molecule has 1 aromatic carbocycles. The maximum absolute atomic E-state index is 11.9. The van der Waals surface area contributed by atoms with Gasteiger partial charge in [0.15, 0.2) is 0 Å². The van der Waals surface area contributed by atoms with E-state index in [4.69, 9.17) is 14.7 Å². The highest BCUT2D eigenvalue weighted by Crippen LogP contribution is 2.02. The van der Waals surface area contributed by atoms with Crippen molar-refractivity contribution >= 4 is 18.3 Å². The smallest absolute Gasteiger partial charge is 0.408 e. The van der Waals surface area contributed by atoms with E-state index in [-0.39, 0.29) is 19.6 Å². The monoisotopic (exact) mass is 322 g/mol. The van der Waals surface area contributed by atoms with E-state index >= 15 is 0 Å². The molecule has 2 N–H and O–H groups in total. The second-order valence-corrected chi connectivity index (χ2v) is 4.81. The van der Waals surface area contributed by atoms with Crippen molar-refractivity contribution in [3.8, 4) is 0 Å². The number of unbranched alkanes of at least 4 members (excludes halogenated alkanes) is 1. The summed E-state index contributed by atoms with van der Waals surface area (Å²) in [5.74, 6) is -0.588. The van der Waals surface area contributed by atoms with Crippen molar-refractivity contribution in [2.24, 2.45) is 5.16 Å². The summed E-state index contributed by atoms with van der Waals surface area (Å²) in [6.45, 7) is 2.35. The lowest BCUT2D eigenvalue weighted by Gasteiger charge is -2.15. The number of rotatable bonds is 9. The molecule has 1 unspecified atom stereocenters. The number of nitrogens with one attached hydrogen (secondary N) is 1. The molecule has 126 valence electrons. The third-order valence-electron chi connectivity index (χ3n) is 2.95. The van der Waals surface area contributed by atoms with E-state index in [1.807, 2.05) is 37.3 Å². The number of hydrogen-bond donors (Lipinski definition) is 2. The fraction of sp³-hybridized carbons (Fsp3) is 0.438. The summed E-state index contributed by atoms with van der Waals surface area (Å²) in [6.07, 6.45) is 2.02. The number of amides is 1. The molecule has 0 fully saturated rings. The van der Waals surface area contributed by atoms with Crippen LogP contribution in [0.2, 0.25) is 0 Å². The van der Waals surface area contributed by atoms with Crippen molar-refractivity contribution in [1.82, 2.24) is 5.32 Å². The molecular formula is C16H22N2O5. The van der Waals surface area contributed by atoms with E-state index in [0.29, 0.717) is 0 Å². The van der Waals surface area contributed by atoms with Gasteiger partial charge in [0.2, 0.25) is 0 Å². The SMILES string of the molecule is CCCCOC(=O)C(C/C=N/O)NC(=O)OCc1ccccc1. The number of benzene rings is 1. The third-order valence-corrected chi connectivity index (χ3v) is 2.95. The van der Waals surface area contributed by atoms with Crippen LogP contribution in [0.4, 0.5) is 4.79 Å². The predicted octanol–water partition coefficient (Wildman–Crippen LogP) is 2.47. The molecule has 0 heterocycles. The van der Waals surface area contributed by atoms with Crippen LogP contribution in [0.3, 0.4) is 0 Å². The Morgan fingerprint density at radius 2 is 2.04 bits per heavy atom. The van der Waals surface area contributed by atoms with Gasteiger partial charge in [0.05, 0.1) is 6.61 Å². The van der Waals surface area contributed by atoms with Gasteiger partial charge in [-0.1, -0.05) is 43.7 Å². The van der Waals surface area contributed by atoms with Crippen molar-refractivity contribution in [3.63, 3.8) is 0 Å². The molecule has 0 aromatic heterocycles. The number of nitrogens with zero attached hydrogens (tertiary/aromatic N) is 1. The molecule has 7 nitrogen and oxygen atoms in total. The maximum Gasteiger partial charge on any atom is 0.408 e. The highest BCUT2D eigenvalue weighted by Gasteiger charge is 2.22. The van der Waals surface area contributed by atoms with Crippen LogP contribution in [-0.2, 0) is 20.9 Å². The Bertz CT molecular complexity index is 504. The average Bonchev–Trinajstić information content (AvgIpc) is 2.57. The van der Waals surface area contributed by atoms with Gasteiger partial charge in [0, 0.05) is 12.6 Å². The zero-order valence-corrected chi connectivity index (χ0v) is 13.1. The van der Waals surface area contributed by atoms with Crippen LogP contribution in [0.15, 0.2) is 35.5 Å². The molecule has 1 rings (SSSR count). The first kappa shape index (κ1) is 18.5. The summed E-state index contributed by atoms with van der Waals surface area (Å²) in [4.78, 5) is 23.7. The Hall–Kier alpha value is -2.57. The Balaban J connectivity index is 2.47. The molecule has 0 aliphatic carbocycles. The largest absolute Gasteiger partial charge is 0.464 e. The standard InChI is InChI=1S/C16H22N2O5/c1-2-3-11-22-15(19)14(9-10-17-21)18-16(20)23-12-13-7-5-4-6-8-13/h4-8,10,14,21H,2-3,9,11-12H2,1H3,(H,18,20)/b17-10+. The van der Waals surface area contributed by atoms with Crippen LogP contribution in [0.25, 0.3) is 0 Å². The second kappa shape index (κ2) is 11.1. The summed E-state index contributed by atoms with van der Waals surface area (Å²) in [5, 5.41) is 13.7. The van der Waals surface area contributed by atoms with Gasteiger partial charge >= 0.3 is 12.1 Å². The zero-order valence-electron chi connectivity index (χ0n) is 13.1. The highest BCUT2D eigenvalue weighted by molar-refractivity contribution is 5.84. The molecule has 7 heteroatoms. The molecule has 0 aliphatic heterocycles. The van der Waals surface area contributed by atoms with E-state index in [1.165, 1.54) is 0 Å². The van der Waals surface area contributed by atoms with Crippen LogP contribution in [-0.4, -0.2) is 36.1 Å². The van der Waals surface area contributed by atoms with E-state index in [1.54, 1.807) is 0 Å². The first-order chi connectivity index (χ1) is 11.2. The Morgan fingerprint density at radius 1 is 1.30 bits per heavy atom. The average molecular weight is 322 g/mol. The summed E-state index contributed by atoms with van der Waals surface area (Å²) < 4.78 is 10.1. The Morgan fingerprint density at radius 3 is 2.70 bits per heavy atom. The van der Waals surface area contributed by atoms with Gasteiger partial charge in [-0.25, -0.2) is 9.59 Å². The van der Waals surface area contributed by atoms with Gasteiger partial charge < -0.3 is 20.0 Å². The summed E-state index contributed by atoms with van der Waals surface area (Å²) in [6, 6.07) is 8.22. The van der Waals surface area contributed by atoms with Crippen LogP contribution >= 0.6 is 0 Å². The van der Waals surface area contributed by atoms with Crippen molar-refractivity contribution in [2.75, 3.05) is 6.61 Å². The lowest BCUT2D eigenvalue weighted by atomic mass is 10.2. The maximum atomic E-state index is 11.9. The molecule has 0 saturated carbocycles. The second-order valence-electron chi connectivity index (χ2n) is 4.81. The minimum Gasteiger partial charge on any atom is -0.464 e. The van der Waals surface area contributed by atoms with E-state index in [0.717, 1.165) is 24.6 Å². The van der Waals surface area contributed by atoms with Gasteiger partial charge in [-0.15, -0.1) is 5.16 Å². The summed E-state index contributed by atoms with van der Waals surface area (Å²) in [5.41, 5.74) is 0.835. The highest BCUT2D eigenvalue weighted by atomic mass is 16.6. The molecular weight excluding hydrogens is 300 g/mol. The molecule has 0 saturated heterocycles. The van der Waals surface area contributed by atoms with Crippen LogP contribution in [0, 0.1) is 0 Å². The first-order valence-electron chi connectivity index (χ1n) is 7.47. The number of alkyl carbamates (subject to hydrolysis) is 1. The predicted molar refractivity (Wildman–Crippen MR) is 84.3 cm³/mol. The van der Waals surface area contributed by atoms with Gasteiger partial charge in [-0.05, 0) is 12.0 Å². The third kappa shape index (κ3) is 7.85. The fourth-order valence-corrected chi connectivity index (χ4v) is 1.69. The summed E-state index contributed by atoms with van der Waals surface area (Å²) in [7, 11) is 0.